The molecule has 6 nitrogen and oxygen atoms in total. The number of anilines is 1. The normalized spacial score (nSPS) is 10.9. The van der Waals surface area contributed by atoms with Crippen molar-refractivity contribution in [2.24, 2.45) is 0 Å². The maximum Gasteiger partial charge on any atom is 0.258 e. The number of nitrogens with one attached hydrogen (secondary N) is 1. The maximum atomic E-state index is 13.2. The van der Waals surface area contributed by atoms with Gasteiger partial charge in [-0.25, -0.2) is 9.37 Å². The van der Waals surface area contributed by atoms with Gasteiger partial charge < -0.3 is 0 Å². The zero-order valence-corrected chi connectivity index (χ0v) is 19.8. The number of pyridine rings is 1. The molecule has 0 saturated heterocycles. The Bertz CT molecular complexity index is 1520. The third-order valence-electron chi connectivity index (χ3n) is 5.15. The van der Waals surface area contributed by atoms with Crippen LogP contribution < -0.4 is 5.32 Å². The molecule has 5 rings (SSSR count). The summed E-state index contributed by atoms with van der Waals surface area (Å²) in [6, 6.07) is 24.3. The van der Waals surface area contributed by atoms with E-state index in [0.29, 0.717) is 31.8 Å². The molecule has 0 saturated carbocycles. The summed E-state index contributed by atoms with van der Waals surface area (Å²) in [5.74, 6) is -0.733. The van der Waals surface area contributed by atoms with E-state index in [1.165, 1.54) is 47.4 Å². The van der Waals surface area contributed by atoms with Crippen LogP contribution in [0.4, 0.5) is 9.52 Å². The van der Waals surface area contributed by atoms with Crippen molar-refractivity contribution in [3.05, 3.63) is 102 Å². The number of hydrogen-bond acceptors (Lipinski definition) is 7. The molecule has 1 N–H and O–H groups in total. The number of amides is 1. The molecule has 2 heterocycles. The number of benzene rings is 3. The predicted octanol–water partition coefficient (Wildman–Crippen LogP) is 6.12. The van der Waals surface area contributed by atoms with Gasteiger partial charge in [0.15, 0.2) is 10.1 Å². The van der Waals surface area contributed by atoms with E-state index >= 15 is 0 Å². The third kappa shape index (κ3) is 5.26. The van der Waals surface area contributed by atoms with Gasteiger partial charge in [0, 0.05) is 16.5 Å². The van der Waals surface area contributed by atoms with Gasteiger partial charge in [0.2, 0.25) is 5.13 Å². The number of aromatic nitrogens is 3. The lowest BCUT2D eigenvalue weighted by Gasteiger charge is -2.09. The van der Waals surface area contributed by atoms with Gasteiger partial charge in [-0.15, -0.1) is 10.2 Å². The first-order valence-electron chi connectivity index (χ1n) is 10.6. The number of halogens is 1. The Morgan fingerprint density at radius 2 is 1.66 bits per heavy atom. The topological polar surface area (TPSA) is 84.8 Å². The van der Waals surface area contributed by atoms with Gasteiger partial charge in [-0.1, -0.05) is 71.6 Å². The summed E-state index contributed by atoms with van der Waals surface area (Å²) in [4.78, 5) is 30.2. The number of hydrogen-bond donors (Lipinski definition) is 1. The summed E-state index contributed by atoms with van der Waals surface area (Å²) in [6.45, 7) is 0. The Morgan fingerprint density at radius 3 is 2.46 bits per heavy atom. The van der Waals surface area contributed by atoms with Gasteiger partial charge in [-0.2, -0.15) is 0 Å². The van der Waals surface area contributed by atoms with E-state index in [9.17, 15) is 14.0 Å². The minimum Gasteiger partial charge on any atom is -0.296 e. The maximum absolute atomic E-state index is 13.2. The highest BCUT2D eigenvalue weighted by molar-refractivity contribution is 8.01. The molecule has 0 fully saturated rings. The quantitative estimate of drug-likeness (QED) is 0.165. The van der Waals surface area contributed by atoms with E-state index in [-0.39, 0.29) is 17.4 Å². The summed E-state index contributed by atoms with van der Waals surface area (Å²) in [6.07, 6.45) is 0. The molecule has 2 aromatic heterocycles. The second kappa shape index (κ2) is 10.1. The Hall–Kier alpha value is -3.95. The van der Waals surface area contributed by atoms with Gasteiger partial charge >= 0.3 is 0 Å². The van der Waals surface area contributed by atoms with Crippen LogP contribution >= 0.6 is 23.1 Å². The fraction of sp³-hybridized carbons (Fsp3) is 0.0385. The lowest BCUT2D eigenvalue weighted by Crippen LogP contribution is -2.13. The van der Waals surface area contributed by atoms with E-state index in [1.807, 2.05) is 54.6 Å². The monoisotopic (exact) mass is 500 g/mol. The Balaban J connectivity index is 1.32. The van der Waals surface area contributed by atoms with Crippen LogP contribution in [0.25, 0.3) is 22.2 Å². The van der Waals surface area contributed by atoms with Gasteiger partial charge in [0.25, 0.3) is 5.91 Å². The molecule has 9 heteroatoms. The van der Waals surface area contributed by atoms with Crippen LogP contribution in [-0.4, -0.2) is 32.6 Å². The van der Waals surface area contributed by atoms with Crippen molar-refractivity contribution in [1.82, 2.24) is 15.2 Å². The van der Waals surface area contributed by atoms with E-state index in [1.54, 1.807) is 6.07 Å². The smallest absolute Gasteiger partial charge is 0.258 e. The molecule has 0 atom stereocenters. The van der Waals surface area contributed by atoms with Gasteiger partial charge in [-0.3, -0.25) is 14.9 Å². The van der Waals surface area contributed by atoms with Crippen molar-refractivity contribution in [2.45, 2.75) is 4.34 Å². The average molecular weight is 501 g/mol. The molecule has 0 aliphatic heterocycles. The molecular formula is C26H17FN4O2S2. The summed E-state index contributed by atoms with van der Waals surface area (Å²) in [5, 5.41) is 12.0. The molecule has 0 radical (unpaired) electrons. The van der Waals surface area contributed by atoms with Crippen molar-refractivity contribution < 1.29 is 14.0 Å². The number of carbonyl (C=O) groups is 2. The Kier molecular flexibility index (Phi) is 6.60. The molecule has 35 heavy (non-hydrogen) atoms. The summed E-state index contributed by atoms with van der Waals surface area (Å²) in [7, 11) is 0. The summed E-state index contributed by atoms with van der Waals surface area (Å²) in [5.41, 5.74) is 3.22. The van der Waals surface area contributed by atoms with Crippen molar-refractivity contribution in [3.8, 4) is 11.3 Å². The lowest BCUT2D eigenvalue weighted by molar-refractivity contribution is 0.101. The number of rotatable bonds is 7. The number of para-hydroxylation sites is 1. The largest absolute Gasteiger partial charge is 0.296 e. The molecule has 3 aromatic carbocycles. The van der Waals surface area contributed by atoms with E-state index in [4.69, 9.17) is 4.98 Å². The number of fused-ring (bicyclic) bond motifs is 1. The van der Waals surface area contributed by atoms with E-state index in [0.717, 1.165) is 10.9 Å². The molecular weight excluding hydrogens is 483 g/mol. The second-order valence-corrected chi connectivity index (χ2v) is 9.68. The van der Waals surface area contributed by atoms with Crippen LogP contribution in [0, 0.1) is 5.82 Å². The number of thioether (sulfide) groups is 1. The highest BCUT2D eigenvalue weighted by atomic mass is 32.2. The Labute approximate surface area is 208 Å². The van der Waals surface area contributed by atoms with Crippen molar-refractivity contribution in [3.63, 3.8) is 0 Å². The molecule has 5 aromatic rings. The standard InChI is InChI=1S/C26H17FN4O2S2/c27-18-12-10-17(11-13-18)23(32)15-34-26-31-30-25(35-26)29-24(33)20-14-22(16-6-2-1-3-7-16)28-21-9-5-4-8-19(20)21/h1-14H,15H2,(H,29,30,33). The Morgan fingerprint density at radius 1 is 0.914 bits per heavy atom. The van der Waals surface area contributed by atoms with Crippen LogP contribution in [0.3, 0.4) is 0 Å². The molecule has 0 spiro atoms. The minimum absolute atomic E-state index is 0.129. The predicted molar refractivity (Wildman–Crippen MR) is 136 cm³/mol. The fourth-order valence-electron chi connectivity index (χ4n) is 3.45. The van der Waals surface area contributed by atoms with E-state index in [2.05, 4.69) is 15.5 Å². The van der Waals surface area contributed by atoms with Gasteiger partial charge in [0.1, 0.15) is 5.82 Å². The highest BCUT2D eigenvalue weighted by Crippen LogP contribution is 2.29. The SMILES string of the molecule is O=C(CSc1nnc(NC(=O)c2cc(-c3ccccc3)nc3ccccc23)s1)c1ccc(F)cc1. The first-order valence-corrected chi connectivity index (χ1v) is 12.4. The van der Waals surface area contributed by atoms with Crippen LogP contribution in [-0.2, 0) is 0 Å². The lowest BCUT2D eigenvalue weighted by atomic mass is 10.0. The second-order valence-electron chi connectivity index (χ2n) is 7.48. The first-order chi connectivity index (χ1) is 17.1. The van der Waals surface area contributed by atoms with Crippen LogP contribution in [0.2, 0.25) is 0 Å². The molecule has 0 unspecified atom stereocenters. The van der Waals surface area contributed by atoms with Crippen LogP contribution in [0.15, 0.2) is 89.3 Å². The highest BCUT2D eigenvalue weighted by Gasteiger charge is 2.17. The third-order valence-corrected chi connectivity index (χ3v) is 7.12. The average Bonchev–Trinajstić information content (AvgIpc) is 3.34. The van der Waals surface area contributed by atoms with Gasteiger partial charge in [-0.05, 0) is 36.4 Å². The minimum atomic E-state index is -0.392. The zero-order valence-electron chi connectivity index (χ0n) is 18.1. The number of ketones is 1. The van der Waals surface area contributed by atoms with Crippen molar-refractivity contribution >= 4 is 50.8 Å². The van der Waals surface area contributed by atoms with Gasteiger partial charge in [0.05, 0.1) is 22.5 Å². The van der Waals surface area contributed by atoms with Crippen LogP contribution in [0.1, 0.15) is 20.7 Å². The zero-order chi connectivity index (χ0) is 24.2. The van der Waals surface area contributed by atoms with Crippen molar-refractivity contribution in [2.75, 3.05) is 11.1 Å². The molecule has 0 aliphatic carbocycles. The number of Topliss-reactive ketones (excluding diaryl/α,β-unsaturated/α-hetero) is 1. The first kappa shape index (κ1) is 22.8. The molecule has 0 aliphatic rings. The molecule has 0 bridgehead atoms. The molecule has 172 valence electrons. The van der Waals surface area contributed by atoms with Crippen LogP contribution in [0.5, 0.6) is 0 Å². The fourth-order valence-corrected chi connectivity index (χ4v) is 5.09. The number of carbonyl (C=O) groups excluding carboxylic acids is 2. The van der Waals surface area contributed by atoms with E-state index < -0.39 is 5.82 Å². The molecule has 1 amide bonds. The summed E-state index contributed by atoms with van der Waals surface area (Å²) >= 11 is 2.40. The summed E-state index contributed by atoms with van der Waals surface area (Å²) < 4.78 is 13.6. The van der Waals surface area contributed by atoms with Crippen molar-refractivity contribution in [1.29, 1.82) is 0 Å². The number of nitrogens with zero attached hydrogens (tertiary/aromatic N) is 3.